The van der Waals surface area contributed by atoms with E-state index in [1.165, 1.54) is 0 Å². The van der Waals surface area contributed by atoms with E-state index in [0.29, 0.717) is 18.2 Å². The number of carbonyl (C=O) groups excluding carboxylic acids is 2. The molecule has 1 aliphatic carbocycles. The fourth-order valence-corrected chi connectivity index (χ4v) is 3.08. The van der Waals surface area contributed by atoms with Crippen molar-refractivity contribution in [3.8, 4) is 0 Å². The first-order chi connectivity index (χ1) is 12.7. The summed E-state index contributed by atoms with van der Waals surface area (Å²) in [5.74, 6) is 1.25. The minimum atomic E-state index is -0.555. The van der Waals surface area contributed by atoms with Gasteiger partial charge in [0.1, 0.15) is 11.4 Å². The van der Waals surface area contributed by atoms with Gasteiger partial charge < -0.3 is 19.4 Å². The number of alkyl carbamates (subject to hydrolysis) is 1. The lowest BCUT2D eigenvalue weighted by Crippen LogP contribution is -2.44. The lowest BCUT2D eigenvalue weighted by atomic mass is 10.2. The third kappa shape index (κ3) is 4.59. The van der Waals surface area contributed by atoms with Gasteiger partial charge in [-0.3, -0.25) is 4.79 Å². The lowest BCUT2D eigenvalue weighted by molar-refractivity contribution is 0.0491. The number of imidazole rings is 1. The zero-order chi connectivity index (χ0) is 19.8. The summed E-state index contributed by atoms with van der Waals surface area (Å²) in [6, 6.07) is 5.54. The molecule has 0 saturated heterocycles. The van der Waals surface area contributed by atoms with E-state index in [4.69, 9.17) is 4.74 Å². The number of ether oxygens (including phenoxy) is 1. The highest BCUT2D eigenvalue weighted by Gasteiger charge is 2.31. The van der Waals surface area contributed by atoms with E-state index < -0.39 is 11.7 Å². The predicted molar refractivity (Wildman–Crippen MR) is 103 cm³/mol. The Bertz CT molecular complexity index is 849. The van der Waals surface area contributed by atoms with Crippen LogP contribution < -0.4 is 5.32 Å². The fourth-order valence-electron chi connectivity index (χ4n) is 3.08. The summed E-state index contributed by atoms with van der Waals surface area (Å²) in [6.45, 7) is 7.65. The van der Waals surface area contributed by atoms with E-state index >= 15 is 0 Å². The molecule has 0 spiro atoms. The Hall–Kier alpha value is -2.57. The Morgan fingerprint density at radius 3 is 2.70 bits per heavy atom. The van der Waals surface area contributed by atoms with Crippen LogP contribution in [0.4, 0.5) is 4.79 Å². The monoisotopic (exact) mass is 372 g/mol. The van der Waals surface area contributed by atoms with Crippen LogP contribution in [0.25, 0.3) is 5.52 Å². The molecule has 1 saturated carbocycles. The van der Waals surface area contributed by atoms with Crippen LogP contribution in [0.15, 0.2) is 24.4 Å². The Labute approximate surface area is 159 Å². The zero-order valence-corrected chi connectivity index (χ0v) is 16.7. The number of fused-ring (bicyclic) bond motifs is 1. The van der Waals surface area contributed by atoms with Crippen LogP contribution in [0.5, 0.6) is 0 Å². The van der Waals surface area contributed by atoms with E-state index in [1.807, 2.05) is 56.5 Å². The van der Waals surface area contributed by atoms with Crippen LogP contribution in [-0.4, -0.2) is 51.5 Å². The lowest BCUT2D eigenvalue weighted by Gasteiger charge is -2.24. The molecule has 1 N–H and O–H groups in total. The molecule has 1 unspecified atom stereocenters. The Morgan fingerprint density at radius 1 is 1.37 bits per heavy atom. The van der Waals surface area contributed by atoms with Crippen LogP contribution in [-0.2, 0) is 4.74 Å². The standard InChI is InChI=1S/C20H28N4O3/c1-13(21-19(26)27-20(2,3)4)12-23(5)18(25)16-15-8-6-7-11-24(15)17(22-16)14-9-10-14/h6-8,11,13-14H,9-10,12H2,1-5H3,(H,21,26). The average Bonchev–Trinajstić information content (AvgIpc) is 3.32. The number of nitrogens with zero attached hydrogens (tertiary/aromatic N) is 3. The molecule has 0 aromatic carbocycles. The number of nitrogens with one attached hydrogen (secondary N) is 1. The van der Waals surface area contributed by atoms with E-state index in [-0.39, 0.29) is 11.9 Å². The first-order valence-electron chi connectivity index (χ1n) is 9.37. The predicted octanol–water partition coefficient (Wildman–Crippen LogP) is 3.20. The van der Waals surface area contributed by atoms with Gasteiger partial charge >= 0.3 is 6.09 Å². The molecular weight excluding hydrogens is 344 g/mol. The van der Waals surface area contributed by atoms with Crippen LogP contribution in [0.2, 0.25) is 0 Å². The fraction of sp³-hybridized carbons (Fsp3) is 0.550. The van der Waals surface area contributed by atoms with Crippen molar-refractivity contribution >= 4 is 17.5 Å². The summed E-state index contributed by atoms with van der Waals surface area (Å²) < 4.78 is 7.28. The van der Waals surface area contributed by atoms with Crippen LogP contribution in [0.3, 0.4) is 0 Å². The maximum atomic E-state index is 13.0. The minimum Gasteiger partial charge on any atom is -0.444 e. The van der Waals surface area contributed by atoms with Gasteiger partial charge in [0.05, 0.1) is 5.52 Å². The zero-order valence-electron chi connectivity index (χ0n) is 16.7. The third-order valence-electron chi connectivity index (χ3n) is 4.38. The summed E-state index contributed by atoms with van der Waals surface area (Å²) in [4.78, 5) is 31.1. The molecule has 2 amide bonds. The molecule has 146 valence electrons. The van der Waals surface area contributed by atoms with Gasteiger partial charge in [-0.1, -0.05) is 6.07 Å². The second-order valence-electron chi connectivity index (χ2n) is 8.28. The van der Waals surface area contributed by atoms with Crippen molar-refractivity contribution in [2.45, 2.75) is 58.1 Å². The summed E-state index contributed by atoms with van der Waals surface area (Å²) >= 11 is 0. The quantitative estimate of drug-likeness (QED) is 0.874. The number of hydrogen-bond acceptors (Lipinski definition) is 4. The van der Waals surface area contributed by atoms with Gasteiger partial charge in [-0.2, -0.15) is 0 Å². The highest BCUT2D eigenvalue weighted by atomic mass is 16.6. The minimum absolute atomic E-state index is 0.150. The molecular formula is C20H28N4O3. The van der Waals surface area contributed by atoms with Crippen molar-refractivity contribution in [3.05, 3.63) is 35.9 Å². The molecule has 0 radical (unpaired) electrons. The first kappa shape index (κ1) is 19.2. The van der Waals surface area contributed by atoms with Gasteiger partial charge in [-0.05, 0) is 52.7 Å². The average molecular weight is 372 g/mol. The smallest absolute Gasteiger partial charge is 0.407 e. The van der Waals surface area contributed by atoms with Crippen LogP contribution >= 0.6 is 0 Å². The van der Waals surface area contributed by atoms with E-state index in [9.17, 15) is 9.59 Å². The topological polar surface area (TPSA) is 75.9 Å². The second-order valence-corrected chi connectivity index (χ2v) is 8.28. The molecule has 7 nitrogen and oxygen atoms in total. The van der Waals surface area contributed by atoms with E-state index in [2.05, 4.69) is 10.3 Å². The van der Waals surface area contributed by atoms with Gasteiger partial charge in [0.2, 0.25) is 0 Å². The number of rotatable bonds is 5. The van der Waals surface area contributed by atoms with Gasteiger partial charge in [0.15, 0.2) is 5.69 Å². The van der Waals surface area contributed by atoms with Crippen molar-refractivity contribution in [3.63, 3.8) is 0 Å². The number of likely N-dealkylation sites (N-methyl/N-ethyl adjacent to an activating group) is 1. The summed E-state index contributed by atoms with van der Waals surface area (Å²) in [5.41, 5.74) is 0.730. The molecule has 0 bridgehead atoms. The van der Waals surface area contributed by atoms with E-state index in [1.54, 1.807) is 11.9 Å². The number of amides is 2. The SMILES string of the molecule is CC(CN(C)C(=O)c1nc(C2CC2)n2ccccc12)NC(=O)OC(C)(C)C. The molecule has 1 atom stereocenters. The van der Waals surface area contributed by atoms with Gasteiger partial charge in [0, 0.05) is 31.7 Å². The maximum absolute atomic E-state index is 13.0. The molecule has 27 heavy (non-hydrogen) atoms. The molecule has 7 heteroatoms. The number of aromatic nitrogens is 2. The van der Waals surface area contributed by atoms with Crippen LogP contribution in [0.1, 0.15) is 62.8 Å². The molecule has 1 fully saturated rings. The van der Waals surface area contributed by atoms with Crippen molar-refractivity contribution in [1.29, 1.82) is 0 Å². The highest BCUT2D eigenvalue weighted by molar-refractivity contribution is 5.99. The Balaban J connectivity index is 1.69. The largest absolute Gasteiger partial charge is 0.444 e. The molecule has 2 heterocycles. The molecule has 2 aromatic heterocycles. The summed E-state index contributed by atoms with van der Waals surface area (Å²) in [5, 5.41) is 2.76. The summed E-state index contributed by atoms with van der Waals surface area (Å²) in [7, 11) is 1.72. The van der Waals surface area contributed by atoms with Crippen molar-refractivity contribution < 1.29 is 14.3 Å². The van der Waals surface area contributed by atoms with Gasteiger partial charge in [-0.25, -0.2) is 9.78 Å². The number of pyridine rings is 1. The molecule has 0 aliphatic heterocycles. The first-order valence-corrected chi connectivity index (χ1v) is 9.37. The maximum Gasteiger partial charge on any atom is 0.407 e. The van der Waals surface area contributed by atoms with Crippen molar-refractivity contribution in [2.75, 3.05) is 13.6 Å². The summed E-state index contributed by atoms with van der Waals surface area (Å²) in [6.07, 6.45) is 3.71. The number of carbonyl (C=O) groups is 2. The normalized spacial score (nSPS) is 15.4. The Morgan fingerprint density at radius 2 is 2.07 bits per heavy atom. The second kappa shape index (κ2) is 7.21. The van der Waals surface area contributed by atoms with Crippen molar-refractivity contribution in [1.82, 2.24) is 19.6 Å². The van der Waals surface area contributed by atoms with Gasteiger partial charge in [-0.15, -0.1) is 0 Å². The van der Waals surface area contributed by atoms with E-state index in [0.717, 1.165) is 24.2 Å². The van der Waals surface area contributed by atoms with Crippen LogP contribution in [0, 0.1) is 0 Å². The Kier molecular flexibility index (Phi) is 5.13. The molecule has 2 aromatic rings. The molecule has 1 aliphatic rings. The van der Waals surface area contributed by atoms with Crippen molar-refractivity contribution in [2.24, 2.45) is 0 Å². The van der Waals surface area contributed by atoms with Gasteiger partial charge in [0.25, 0.3) is 5.91 Å². The molecule has 3 rings (SSSR count). The highest BCUT2D eigenvalue weighted by Crippen LogP contribution is 2.40. The number of hydrogen-bond donors (Lipinski definition) is 1. The third-order valence-corrected chi connectivity index (χ3v) is 4.38.